The maximum absolute atomic E-state index is 4.68. The van der Waals surface area contributed by atoms with E-state index >= 15 is 0 Å². The molecule has 0 spiro atoms. The molecule has 2 aromatic heterocycles. The minimum absolute atomic E-state index is 0.986. The number of pyridine rings is 2. The third kappa shape index (κ3) is 1.80. The van der Waals surface area contributed by atoms with E-state index in [1.807, 2.05) is 26.1 Å². The smallest absolute Gasteiger partial charge is 0.0970 e. The van der Waals surface area contributed by atoms with E-state index in [-0.39, 0.29) is 0 Å². The summed E-state index contributed by atoms with van der Waals surface area (Å²) in [6, 6.07) is 8.31. The van der Waals surface area contributed by atoms with Crippen molar-refractivity contribution in [2.75, 3.05) is 0 Å². The van der Waals surface area contributed by atoms with Crippen LogP contribution in [0.1, 0.15) is 23.7 Å². The number of nitrogens with zero attached hydrogens (tertiary/aromatic N) is 2. The molecule has 2 heteroatoms. The van der Waals surface area contributed by atoms with Crippen molar-refractivity contribution in [1.29, 1.82) is 0 Å². The van der Waals surface area contributed by atoms with Crippen LogP contribution < -0.4 is 0 Å². The van der Waals surface area contributed by atoms with Crippen LogP contribution in [-0.2, 0) is 0 Å². The number of aromatic nitrogens is 2. The van der Waals surface area contributed by atoms with Crippen LogP contribution >= 0.6 is 0 Å². The van der Waals surface area contributed by atoms with Crippen LogP contribution in [0.15, 0.2) is 36.5 Å². The standard InChI is InChI=1S/C17H16N2/c1-4-6-13-12(3)14-9-8-11(2)19-17(14)16-15(13)7-5-10-18-16/h4-10H,1-3H3/b6-4-. The van der Waals surface area contributed by atoms with Gasteiger partial charge < -0.3 is 0 Å². The molecule has 3 aromatic rings. The number of hydrogen-bond donors (Lipinski definition) is 0. The van der Waals surface area contributed by atoms with Gasteiger partial charge in [0.25, 0.3) is 0 Å². The van der Waals surface area contributed by atoms with Gasteiger partial charge in [-0.2, -0.15) is 0 Å². The fourth-order valence-electron chi connectivity index (χ4n) is 2.58. The summed E-state index contributed by atoms with van der Waals surface area (Å²) in [4.78, 5) is 9.22. The molecular formula is C17H16N2. The first-order valence-electron chi connectivity index (χ1n) is 6.49. The highest BCUT2D eigenvalue weighted by molar-refractivity contribution is 6.08. The third-order valence-corrected chi connectivity index (χ3v) is 3.50. The molecule has 0 amide bonds. The number of benzene rings is 1. The Morgan fingerprint density at radius 3 is 2.63 bits per heavy atom. The minimum Gasteiger partial charge on any atom is -0.254 e. The molecule has 0 atom stereocenters. The first kappa shape index (κ1) is 11.8. The molecule has 0 saturated heterocycles. The lowest BCUT2D eigenvalue weighted by atomic mass is 9.97. The molecule has 94 valence electrons. The Kier molecular flexibility index (Phi) is 2.79. The Labute approximate surface area is 112 Å². The SMILES string of the molecule is C/C=C\c1c(C)c2ccc(C)nc2c2ncccc12. The van der Waals surface area contributed by atoms with E-state index in [2.05, 4.69) is 47.2 Å². The molecule has 0 aliphatic rings. The molecular weight excluding hydrogens is 232 g/mol. The maximum Gasteiger partial charge on any atom is 0.0970 e. The van der Waals surface area contributed by atoms with Crippen LogP contribution in [-0.4, -0.2) is 9.97 Å². The number of aryl methyl sites for hydroxylation is 2. The van der Waals surface area contributed by atoms with Crippen LogP contribution in [0, 0.1) is 13.8 Å². The second-order valence-electron chi connectivity index (χ2n) is 4.79. The van der Waals surface area contributed by atoms with Gasteiger partial charge in [-0.1, -0.05) is 24.3 Å². The summed E-state index contributed by atoms with van der Waals surface area (Å²) in [7, 11) is 0. The Bertz CT molecular complexity index is 801. The van der Waals surface area contributed by atoms with Crippen LogP contribution in [0.2, 0.25) is 0 Å². The van der Waals surface area contributed by atoms with Crippen molar-refractivity contribution in [3.63, 3.8) is 0 Å². The van der Waals surface area contributed by atoms with E-state index in [9.17, 15) is 0 Å². The van der Waals surface area contributed by atoms with Gasteiger partial charge in [0.15, 0.2) is 0 Å². The Morgan fingerprint density at radius 1 is 1.00 bits per heavy atom. The van der Waals surface area contributed by atoms with Crippen LogP contribution in [0.25, 0.3) is 27.9 Å². The third-order valence-electron chi connectivity index (χ3n) is 3.50. The van der Waals surface area contributed by atoms with Crippen molar-refractivity contribution in [3.8, 4) is 0 Å². The number of allylic oxidation sites excluding steroid dienone is 1. The van der Waals surface area contributed by atoms with E-state index in [1.54, 1.807) is 0 Å². The maximum atomic E-state index is 4.68. The van der Waals surface area contributed by atoms with Crippen molar-refractivity contribution in [1.82, 2.24) is 9.97 Å². The largest absolute Gasteiger partial charge is 0.254 e. The van der Waals surface area contributed by atoms with Gasteiger partial charge in [0, 0.05) is 22.7 Å². The predicted molar refractivity (Wildman–Crippen MR) is 81.2 cm³/mol. The summed E-state index contributed by atoms with van der Waals surface area (Å²) in [5.41, 5.74) is 5.52. The summed E-state index contributed by atoms with van der Waals surface area (Å²) in [5.74, 6) is 0. The van der Waals surface area contributed by atoms with Crippen LogP contribution in [0.3, 0.4) is 0 Å². The lowest BCUT2D eigenvalue weighted by Gasteiger charge is -2.11. The topological polar surface area (TPSA) is 25.8 Å². The summed E-state index contributed by atoms with van der Waals surface area (Å²) in [5, 5.41) is 2.36. The Morgan fingerprint density at radius 2 is 1.84 bits per heavy atom. The summed E-state index contributed by atoms with van der Waals surface area (Å²) in [6.07, 6.45) is 6.06. The molecule has 2 nitrogen and oxygen atoms in total. The van der Waals surface area contributed by atoms with E-state index in [0.717, 1.165) is 16.7 Å². The van der Waals surface area contributed by atoms with Gasteiger partial charge in [0.05, 0.1) is 11.0 Å². The van der Waals surface area contributed by atoms with Crippen LogP contribution in [0.5, 0.6) is 0 Å². The zero-order valence-electron chi connectivity index (χ0n) is 11.4. The summed E-state index contributed by atoms with van der Waals surface area (Å²) >= 11 is 0. The molecule has 2 heterocycles. The fourth-order valence-corrected chi connectivity index (χ4v) is 2.58. The lowest BCUT2D eigenvalue weighted by Crippen LogP contribution is -1.93. The highest BCUT2D eigenvalue weighted by Crippen LogP contribution is 2.31. The Hall–Kier alpha value is -2.22. The molecule has 3 rings (SSSR count). The molecule has 0 saturated carbocycles. The number of fused-ring (bicyclic) bond motifs is 3. The molecule has 0 aliphatic heterocycles. The average molecular weight is 248 g/mol. The lowest BCUT2D eigenvalue weighted by molar-refractivity contribution is 1.25. The predicted octanol–water partition coefficient (Wildman–Crippen LogP) is 4.43. The van der Waals surface area contributed by atoms with E-state index in [0.29, 0.717) is 0 Å². The van der Waals surface area contributed by atoms with Crippen molar-refractivity contribution in [3.05, 3.63) is 53.4 Å². The molecule has 0 radical (unpaired) electrons. The first-order valence-corrected chi connectivity index (χ1v) is 6.49. The van der Waals surface area contributed by atoms with E-state index < -0.39 is 0 Å². The van der Waals surface area contributed by atoms with Crippen molar-refractivity contribution >= 4 is 27.9 Å². The molecule has 0 aliphatic carbocycles. The van der Waals surface area contributed by atoms with Gasteiger partial charge in [-0.25, -0.2) is 0 Å². The van der Waals surface area contributed by atoms with Gasteiger partial charge in [-0.15, -0.1) is 0 Å². The first-order chi connectivity index (χ1) is 9.22. The van der Waals surface area contributed by atoms with Gasteiger partial charge in [-0.05, 0) is 44.0 Å². The van der Waals surface area contributed by atoms with E-state index in [4.69, 9.17) is 0 Å². The highest BCUT2D eigenvalue weighted by atomic mass is 14.7. The van der Waals surface area contributed by atoms with E-state index in [1.165, 1.54) is 21.9 Å². The summed E-state index contributed by atoms with van der Waals surface area (Å²) < 4.78 is 0. The quantitative estimate of drug-likeness (QED) is 0.595. The zero-order valence-corrected chi connectivity index (χ0v) is 11.4. The fraction of sp³-hybridized carbons (Fsp3) is 0.176. The van der Waals surface area contributed by atoms with Gasteiger partial charge in [0.2, 0.25) is 0 Å². The average Bonchev–Trinajstić information content (AvgIpc) is 2.43. The summed E-state index contributed by atoms with van der Waals surface area (Å²) in [6.45, 7) is 6.21. The zero-order chi connectivity index (χ0) is 13.4. The second-order valence-corrected chi connectivity index (χ2v) is 4.79. The van der Waals surface area contributed by atoms with Crippen molar-refractivity contribution < 1.29 is 0 Å². The van der Waals surface area contributed by atoms with Gasteiger partial charge >= 0.3 is 0 Å². The monoisotopic (exact) mass is 248 g/mol. The van der Waals surface area contributed by atoms with Gasteiger partial charge in [-0.3, -0.25) is 9.97 Å². The molecule has 0 bridgehead atoms. The second kappa shape index (κ2) is 4.47. The normalized spacial score (nSPS) is 11.7. The highest BCUT2D eigenvalue weighted by Gasteiger charge is 2.11. The molecule has 19 heavy (non-hydrogen) atoms. The van der Waals surface area contributed by atoms with Gasteiger partial charge in [0.1, 0.15) is 0 Å². The molecule has 0 unspecified atom stereocenters. The Balaban J connectivity index is 2.61. The molecule has 0 fully saturated rings. The number of rotatable bonds is 1. The van der Waals surface area contributed by atoms with Crippen LogP contribution in [0.4, 0.5) is 0 Å². The van der Waals surface area contributed by atoms with Crippen molar-refractivity contribution in [2.24, 2.45) is 0 Å². The minimum atomic E-state index is 0.986. The number of hydrogen-bond acceptors (Lipinski definition) is 2. The van der Waals surface area contributed by atoms with Crippen molar-refractivity contribution in [2.45, 2.75) is 20.8 Å². The molecule has 0 N–H and O–H groups in total. The molecule has 1 aromatic carbocycles.